The van der Waals surface area contributed by atoms with E-state index < -0.39 is 12.3 Å². The molecule has 0 aliphatic rings. The van der Waals surface area contributed by atoms with Crippen LogP contribution in [0.25, 0.3) is 0 Å². The fourth-order valence-electron chi connectivity index (χ4n) is 1.44. The average Bonchev–Trinajstić information content (AvgIpc) is 2.39. The van der Waals surface area contributed by atoms with E-state index in [-0.39, 0.29) is 17.2 Å². The second kappa shape index (κ2) is 6.80. The van der Waals surface area contributed by atoms with Crippen molar-refractivity contribution in [2.24, 2.45) is 5.73 Å². The van der Waals surface area contributed by atoms with Gasteiger partial charge in [-0.3, -0.25) is 0 Å². The summed E-state index contributed by atoms with van der Waals surface area (Å²) in [4.78, 5) is 0. The molecule has 0 radical (unpaired) electrons. The fourth-order valence-corrected chi connectivity index (χ4v) is 1.44. The first kappa shape index (κ1) is 12.6. The van der Waals surface area contributed by atoms with Gasteiger partial charge < -0.3 is 19.9 Å². The third kappa shape index (κ3) is 3.59. The van der Waals surface area contributed by atoms with Crippen molar-refractivity contribution in [1.82, 2.24) is 0 Å². The SMILES string of the molecule is [2H]C(Oc1c(OC)cc(CCN)cc1OC)=C(F)F. The van der Waals surface area contributed by atoms with E-state index in [0.29, 0.717) is 13.0 Å². The van der Waals surface area contributed by atoms with E-state index >= 15 is 0 Å². The summed E-state index contributed by atoms with van der Waals surface area (Å²) in [6.45, 7) is 0.426. The first-order chi connectivity index (χ1) is 9.03. The predicted molar refractivity (Wildman–Crippen MR) is 63.2 cm³/mol. The number of benzene rings is 1. The molecule has 0 saturated carbocycles. The Morgan fingerprint density at radius 2 is 1.89 bits per heavy atom. The van der Waals surface area contributed by atoms with Gasteiger partial charge in [0, 0.05) is 0 Å². The van der Waals surface area contributed by atoms with Gasteiger partial charge in [-0.25, -0.2) is 0 Å². The topological polar surface area (TPSA) is 53.7 Å². The normalized spacial score (nSPS) is 10.6. The summed E-state index contributed by atoms with van der Waals surface area (Å²) in [5.41, 5.74) is 6.27. The highest BCUT2D eigenvalue weighted by Gasteiger charge is 2.14. The molecule has 0 aliphatic carbocycles. The van der Waals surface area contributed by atoms with Gasteiger partial charge in [-0.05, 0) is 30.7 Å². The van der Waals surface area contributed by atoms with Gasteiger partial charge >= 0.3 is 6.08 Å². The van der Waals surface area contributed by atoms with Crippen molar-refractivity contribution in [3.63, 3.8) is 0 Å². The predicted octanol–water partition coefficient (Wildman–Crippen LogP) is 2.32. The van der Waals surface area contributed by atoms with Crippen molar-refractivity contribution >= 4 is 0 Å². The summed E-state index contributed by atoms with van der Waals surface area (Å²) in [5.74, 6) is 0.339. The minimum Gasteiger partial charge on any atom is -0.493 e. The summed E-state index contributed by atoms with van der Waals surface area (Å²) in [6.07, 6.45) is -2.90. The van der Waals surface area contributed by atoms with E-state index in [1.807, 2.05) is 0 Å². The van der Waals surface area contributed by atoms with Crippen molar-refractivity contribution in [2.45, 2.75) is 6.42 Å². The van der Waals surface area contributed by atoms with Crippen LogP contribution in [-0.4, -0.2) is 20.8 Å². The first-order valence-electron chi connectivity index (χ1n) is 5.68. The molecular weight excluding hydrogens is 244 g/mol. The molecule has 1 aromatic carbocycles. The van der Waals surface area contributed by atoms with Crippen molar-refractivity contribution in [2.75, 3.05) is 20.8 Å². The minimum atomic E-state index is -2.23. The molecule has 4 nitrogen and oxygen atoms in total. The highest BCUT2D eigenvalue weighted by molar-refractivity contribution is 5.54. The lowest BCUT2D eigenvalue weighted by Crippen LogP contribution is -2.04. The standard InChI is InChI=1S/C12H15F2NO3/c1-16-9-5-8(3-4-15)6-10(17-2)12(9)18-7-11(13)14/h5-7H,3-4,15H2,1-2H3/i7D. The van der Waals surface area contributed by atoms with E-state index in [9.17, 15) is 8.78 Å². The molecule has 6 heteroatoms. The van der Waals surface area contributed by atoms with E-state index in [4.69, 9.17) is 21.3 Å². The van der Waals surface area contributed by atoms with E-state index in [0.717, 1.165) is 5.56 Å². The Kier molecular flexibility index (Phi) is 4.78. The number of hydrogen-bond donors (Lipinski definition) is 1. The zero-order chi connectivity index (χ0) is 14.4. The van der Waals surface area contributed by atoms with Crippen LogP contribution in [0.3, 0.4) is 0 Å². The van der Waals surface area contributed by atoms with Crippen LogP contribution in [0, 0.1) is 0 Å². The molecule has 0 fully saturated rings. The lowest BCUT2D eigenvalue weighted by Gasteiger charge is -2.13. The second-order valence-corrected chi connectivity index (χ2v) is 3.33. The highest BCUT2D eigenvalue weighted by atomic mass is 19.3. The van der Waals surface area contributed by atoms with Crippen molar-refractivity contribution in [1.29, 1.82) is 0 Å². The monoisotopic (exact) mass is 260 g/mol. The summed E-state index contributed by atoms with van der Waals surface area (Å²) in [6, 6.07) is 3.21. The number of nitrogens with two attached hydrogens (primary N) is 1. The van der Waals surface area contributed by atoms with Crippen LogP contribution < -0.4 is 19.9 Å². The fraction of sp³-hybridized carbons (Fsp3) is 0.333. The summed E-state index contributed by atoms with van der Waals surface area (Å²) in [5, 5.41) is 0. The molecule has 0 atom stereocenters. The maximum Gasteiger partial charge on any atom is 0.305 e. The molecule has 0 unspecified atom stereocenters. The summed E-state index contributed by atoms with van der Waals surface area (Å²) < 4.78 is 46.4. The Balaban J connectivity index is 3.24. The van der Waals surface area contributed by atoms with Crippen LogP contribution in [0.15, 0.2) is 24.5 Å². The highest BCUT2D eigenvalue weighted by Crippen LogP contribution is 2.39. The number of rotatable bonds is 6. The Hall–Kier alpha value is -1.82. The largest absolute Gasteiger partial charge is 0.493 e. The molecule has 0 saturated heterocycles. The molecule has 100 valence electrons. The Morgan fingerprint density at radius 1 is 1.33 bits per heavy atom. The molecule has 0 spiro atoms. The summed E-state index contributed by atoms with van der Waals surface area (Å²) in [7, 11) is 2.74. The van der Waals surface area contributed by atoms with Gasteiger partial charge in [-0.15, -0.1) is 0 Å². The molecule has 0 aliphatic heterocycles. The van der Waals surface area contributed by atoms with Crippen LogP contribution in [0.4, 0.5) is 8.78 Å². The molecule has 0 bridgehead atoms. The van der Waals surface area contributed by atoms with Crippen LogP contribution in [-0.2, 0) is 6.42 Å². The molecule has 2 N–H and O–H groups in total. The molecule has 18 heavy (non-hydrogen) atoms. The molecule has 0 aromatic heterocycles. The van der Waals surface area contributed by atoms with Crippen LogP contribution in [0.2, 0.25) is 0 Å². The molecule has 1 rings (SSSR count). The van der Waals surface area contributed by atoms with Crippen LogP contribution in [0.5, 0.6) is 17.2 Å². The van der Waals surface area contributed by atoms with E-state index in [2.05, 4.69) is 0 Å². The zero-order valence-corrected chi connectivity index (χ0v) is 10.1. The Bertz CT molecular complexity index is 451. The van der Waals surface area contributed by atoms with E-state index in [1.165, 1.54) is 14.2 Å². The molecule has 0 heterocycles. The number of halogens is 2. The zero-order valence-electron chi connectivity index (χ0n) is 11.1. The third-order valence-corrected chi connectivity index (χ3v) is 2.18. The molecule has 0 amide bonds. The van der Waals surface area contributed by atoms with Crippen molar-refractivity contribution in [3.05, 3.63) is 30.0 Å². The van der Waals surface area contributed by atoms with E-state index in [1.54, 1.807) is 12.1 Å². The first-order valence-corrected chi connectivity index (χ1v) is 5.18. The van der Waals surface area contributed by atoms with Crippen molar-refractivity contribution < 1.29 is 24.4 Å². The molecular formula is C12H15F2NO3. The van der Waals surface area contributed by atoms with Gasteiger partial charge in [0.05, 0.1) is 14.2 Å². The molecule has 1 aromatic rings. The lowest BCUT2D eigenvalue weighted by molar-refractivity contribution is 0.323. The number of ether oxygens (including phenoxy) is 3. The van der Waals surface area contributed by atoms with Gasteiger partial charge in [0.15, 0.2) is 17.7 Å². The van der Waals surface area contributed by atoms with Gasteiger partial charge in [0.1, 0.15) is 1.37 Å². The lowest BCUT2D eigenvalue weighted by atomic mass is 10.1. The maximum absolute atomic E-state index is 12.3. The smallest absolute Gasteiger partial charge is 0.305 e. The average molecular weight is 260 g/mol. The second-order valence-electron chi connectivity index (χ2n) is 3.33. The minimum absolute atomic E-state index is 0.0661. The quantitative estimate of drug-likeness (QED) is 0.797. The van der Waals surface area contributed by atoms with Crippen molar-refractivity contribution in [3.8, 4) is 17.2 Å². The Morgan fingerprint density at radius 3 is 2.28 bits per heavy atom. The third-order valence-electron chi connectivity index (χ3n) is 2.18. The number of methoxy groups -OCH3 is 2. The van der Waals surface area contributed by atoms with Crippen LogP contribution in [0.1, 0.15) is 6.93 Å². The van der Waals surface area contributed by atoms with Gasteiger partial charge in [-0.2, -0.15) is 8.78 Å². The maximum atomic E-state index is 12.3. The summed E-state index contributed by atoms with van der Waals surface area (Å²) >= 11 is 0. The van der Waals surface area contributed by atoms with Crippen LogP contribution >= 0.6 is 0 Å². The number of hydrogen-bond acceptors (Lipinski definition) is 4. The van der Waals surface area contributed by atoms with Gasteiger partial charge in [0.2, 0.25) is 5.75 Å². The van der Waals surface area contributed by atoms with Gasteiger partial charge in [0.25, 0.3) is 0 Å². The Labute approximate surface area is 105 Å². The van der Waals surface area contributed by atoms with Gasteiger partial charge in [-0.1, -0.05) is 0 Å².